The summed E-state index contributed by atoms with van der Waals surface area (Å²) >= 11 is 0. The van der Waals surface area contributed by atoms with Gasteiger partial charge in [0.1, 0.15) is 0 Å². The maximum atomic E-state index is 11.1. The summed E-state index contributed by atoms with van der Waals surface area (Å²) in [6, 6.07) is 0. The van der Waals surface area contributed by atoms with Crippen molar-refractivity contribution in [3.63, 3.8) is 0 Å². The summed E-state index contributed by atoms with van der Waals surface area (Å²) in [7, 11) is 0. The molecule has 0 aromatic carbocycles. The van der Waals surface area contributed by atoms with E-state index in [1.807, 2.05) is 0 Å². The maximum absolute atomic E-state index is 11.1. The van der Waals surface area contributed by atoms with Crippen LogP contribution < -0.4 is 0 Å². The molecular weight excluding hydrogens is 168 g/mol. The molecule has 0 aromatic rings. The van der Waals surface area contributed by atoms with Gasteiger partial charge in [-0.25, -0.2) is 4.79 Å². The molecule has 0 spiro atoms. The second-order valence-electron chi connectivity index (χ2n) is 3.98. The Bertz CT molecular complexity index is 210. The fraction of sp³-hybridized carbons (Fsp3) is 0.900. The van der Waals surface area contributed by atoms with Crippen molar-refractivity contribution in [2.45, 2.75) is 50.7 Å². The molecule has 0 radical (unpaired) electrons. The fourth-order valence-corrected chi connectivity index (χ4v) is 1.67. The van der Waals surface area contributed by atoms with Crippen molar-refractivity contribution >= 4 is 5.97 Å². The highest BCUT2D eigenvalue weighted by atomic mass is 16.7. The van der Waals surface area contributed by atoms with E-state index in [1.165, 1.54) is 0 Å². The Kier molecular flexibility index (Phi) is 2.28. The summed E-state index contributed by atoms with van der Waals surface area (Å²) in [5.41, 5.74) is -0.387. The number of carbonyl (C=O) groups excluding carboxylic acids is 1. The Morgan fingerprint density at radius 2 is 2.23 bits per heavy atom. The van der Waals surface area contributed by atoms with Crippen LogP contribution in [-0.4, -0.2) is 24.3 Å². The number of rotatable bonds is 6. The summed E-state index contributed by atoms with van der Waals surface area (Å²) in [5, 5.41) is 0. The molecule has 2 aliphatic rings. The van der Waals surface area contributed by atoms with Crippen LogP contribution in [0.25, 0.3) is 0 Å². The Hall–Kier alpha value is -0.570. The van der Waals surface area contributed by atoms with Crippen molar-refractivity contribution in [3.8, 4) is 0 Å². The molecule has 2 saturated heterocycles. The predicted octanol–water partition coefficient (Wildman–Crippen LogP) is 1.65. The monoisotopic (exact) mass is 184 g/mol. The zero-order valence-corrected chi connectivity index (χ0v) is 8.04. The first-order valence-electron chi connectivity index (χ1n) is 5.12. The Morgan fingerprint density at radius 3 is 2.69 bits per heavy atom. The summed E-state index contributed by atoms with van der Waals surface area (Å²) in [6.45, 7) is 3.00. The lowest BCUT2D eigenvalue weighted by Crippen LogP contribution is -2.13. The number of hydrogen-bond acceptors (Lipinski definition) is 3. The summed E-state index contributed by atoms with van der Waals surface area (Å²) in [6.07, 6.45) is 5.35. The van der Waals surface area contributed by atoms with Crippen LogP contribution in [0.15, 0.2) is 0 Å². The van der Waals surface area contributed by atoms with Crippen LogP contribution >= 0.6 is 0 Å². The summed E-state index contributed by atoms with van der Waals surface area (Å²) in [5.74, 6) is 0.00148. The highest BCUT2D eigenvalue weighted by molar-refractivity contribution is 5.92. The van der Waals surface area contributed by atoms with Crippen molar-refractivity contribution in [1.29, 1.82) is 0 Å². The van der Waals surface area contributed by atoms with Crippen molar-refractivity contribution in [2.24, 2.45) is 0 Å². The van der Waals surface area contributed by atoms with Gasteiger partial charge in [0, 0.05) is 6.42 Å². The standard InChI is InChI=1S/C10H16O3/c1-2-3-5-10(9(11)13-10)6-4-8-7-12-8/h8H,2-7H2,1H3. The molecule has 0 N–H and O–H groups in total. The molecule has 2 unspecified atom stereocenters. The van der Waals surface area contributed by atoms with Crippen LogP contribution in [0.4, 0.5) is 0 Å². The van der Waals surface area contributed by atoms with Crippen molar-refractivity contribution in [3.05, 3.63) is 0 Å². The van der Waals surface area contributed by atoms with Gasteiger partial charge in [-0.15, -0.1) is 0 Å². The van der Waals surface area contributed by atoms with Gasteiger partial charge in [-0.3, -0.25) is 0 Å². The second-order valence-corrected chi connectivity index (χ2v) is 3.98. The van der Waals surface area contributed by atoms with Gasteiger partial charge in [0.15, 0.2) is 0 Å². The molecule has 2 atom stereocenters. The number of carbonyl (C=O) groups is 1. The normalized spacial score (nSPS) is 35.8. The molecule has 0 aliphatic carbocycles. The molecule has 0 aromatic heterocycles. The van der Waals surface area contributed by atoms with Gasteiger partial charge in [0.25, 0.3) is 0 Å². The quantitative estimate of drug-likeness (QED) is 0.589. The molecule has 3 nitrogen and oxygen atoms in total. The molecule has 0 saturated carbocycles. The van der Waals surface area contributed by atoms with Crippen LogP contribution in [0.2, 0.25) is 0 Å². The Morgan fingerprint density at radius 1 is 1.54 bits per heavy atom. The Balaban J connectivity index is 1.74. The summed E-state index contributed by atoms with van der Waals surface area (Å²) < 4.78 is 10.2. The van der Waals surface area contributed by atoms with Gasteiger partial charge in [-0.1, -0.05) is 13.3 Å². The highest BCUT2D eigenvalue weighted by Gasteiger charge is 2.57. The minimum Gasteiger partial charge on any atom is -0.444 e. The van der Waals surface area contributed by atoms with E-state index in [2.05, 4.69) is 6.92 Å². The van der Waals surface area contributed by atoms with E-state index >= 15 is 0 Å². The van der Waals surface area contributed by atoms with Crippen LogP contribution in [0.1, 0.15) is 39.0 Å². The number of cyclic esters (lactones) is 1. The minimum atomic E-state index is -0.387. The number of hydrogen-bond donors (Lipinski definition) is 0. The van der Waals surface area contributed by atoms with E-state index in [0.29, 0.717) is 6.10 Å². The molecule has 13 heavy (non-hydrogen) atoms. The topological polar surface area (TPSA) is 42.1 Å². The average Bonchev–Trinajstić information content (AvgIpc) is 2.98. The van der Waals surface area contributed by atoms with Gasteiger partial charge >= 0.3 is 5.97 Å². The van der Waals surface area contributed by atoms with Gasteiger partial charge in [0.05, 0.1) is 12.7 Å². The smallest absolute Gasteiger partial charge is 0.351 e. The number of unbranched alkanes of at least 4 members (excludes halogenated alkanes) is 1. The average molecular weight is 184 g/mol. The first kappa shape index (κ1) is 9.00. The molecule has 0 bridgehead atoms. The summed E-state index contributed by atoms with van der Waals surface area (Å²) in [4.78, 5) is 11.1. The first-order valence-corrected chi connectivity index (χ1v) is 5.12. The zero-order chi connectivity index (χ0) is 9.31. The van der Waals surface area contributed by atoms with E-state index in [1.54, 1.807) is 0 Å². The molecule has 3 heteroatoms. The molecule has 74 valence electrons. The van der Waals surface area contributed by atoms with E-state index in [-0.39, 0.29) is 11.6 Å². The van der Waals surface area contributed by atoms with Crippen LogP contribution in [0.5, 0.6) is 0 Å². The van der Waals surface area contributed by atoms with E-state index < -0.39 is 0 Å². The highest BCUT2D eigenvalue weighted by Crippen LogP contribution is 2.40. The second kappa shape index (κ2) is 3.29. The van der Waals surface area contributed by atoms with E-state index in [9.17, 15) is 4.79 Å². The SMILES string of the molecule is CCCCC1(CCC2CO2)OC1=O. The van der Waals surface area contributed by atoms with Gasteiger partial charge in [0.2, 0.25) is 5.60 Å². The Labute approximate surface area is 78.4 Å². The third kappa shape index (κ3) is 2.02. The third-order valence-electron chi connectivity index (χ3n) is 2.83. The molecule has 2 rings (SSSR count). The van der Waals surface area contributed by atoms with Crippen LogP contribution in [-0.2, 0) is 14.3 Å². The number of epoxide rings is 2. The number of ether oxygens (including phenoxy) is 2. The van der Waals surface area contributed by atoms with E-state index in [0.717, 1.165) is 38.7 Å². The lowest BCUT2D eigenvalue weighted by molar-refractivity contribution is -0.117. The van der Waals surface area contributed by atoms with Gasteiger partial charge in [-0.05, 0) is 19.3 Å². The minimum absolute atomic E-state index is 0.00148. The van der Waals surface area contributed by atoms with Crippen molar-refractivity contribution < 1.29 is 14.3 Å². The molecule has 2 heterocycles. The maximum Gasteiger partial charge on any atom is 0.351 e. The molecule has 2 fully saturated rings. The van der Waals surface area contributed by atoms with Crippen LogP contribution in [0, 0.1) is 0 Å². The largest absolute Gasteiger partial charge is 0.444 e. The van der Waals surface area contributed by atoms with Crippen molar-refractivity contribution in [1.82, 2.24) is 0 Å². The molecule has 0 amide bonds. The third-order valence-corrected chi connectivity index (χ3v) is 2.83. The molecular formula is C10H16O3. The van der Waals surface area contributed by atoms with Gasteiger partial charge < -0.3 is 9.47 Å². The van der Waals surface area contributed by atoms with E-state index in [4.69, 9.17) is 9.47 Å². The lowest BCUT2D eigenvalue weighted by atomic mass is 9.96. The molecule has 2 aliphatic heterocycles. The van der Waals surface area contributed by atoms with Crippen molar-refractivity contribution in [2.75, 3.05) is 6.61 Å². The zero-order valence-electron chi connectivity index (χ0n) is 8.04. The van der Waals surface area contributed by atoms with Crippen LogP contribution in [0.3, 0.4) is 0 Å². The van der Waals surface area contributed by atoms with Gasteiger partial charge in [-0.2, -0.15) is 0 Å². The first-order chi connectivity index (χ1) is 6.27. The predicted molar refractivity (Wildman–Crippen MR) is 47.3 cm³/mol. The fourth-order valence-electron chi connectivity index (χ4n) is 1.67. The lowest BCUT2D eigenvalue weighted by Gasteiger charge is -2.05.